The van der Waals surface area contributed by atoms with Crippen molar-refractivity contribution in [3.8, 4) is 0 Å². The van der Waals surface area contributed by atoms with Gasteiger partial charge in [-0.05, 0) is 24.0 Å². The minimum absolute atomic E-state index is 0.129. The molecule has 1 amide bonds. The molecule has 0 radical (unpaired) electrons. The van der Waals surface area contributed by atoms with Crippen LogP contribution in [0.25, 0.3) is 0 Å². The van der Waals surface area contributed by atoms with Crippen molar-refractivity contribution in [3.63, 3.8) is 0 Å². The number of nitrogens with zero attached hydrogens (tertiary/aromatic N) is 1. The number of hydrogen-bond donors (Lipinski definition) is 1. The van der Waals surface area contributed by atoms with Gasteiger partial charge in [-0.3, -0.25) is 4.90 Å². The molecule has 24 heavy (non-hydrogen) atoms. The molecular weight excluding hydrogens is 306 g/mol. The molecule has 0 spiro atoms. The van der Waals surface area contributed by atoms with Gasteiger partial charge in [-0.15, -0.1) is 0 Å². The third-order valence-electron chi connectivity index (χ3n) is 4.27. The Labute approximate surface area is 140 Å². The van der Waals surface area contributed by atoms with E-state index in [2.05, 4.69) is 0 Å². The van der Waals surface area contributed by atoms with Gasteiger partial charge in [-0.25, -0.2) is 9.59 Å². The van der Waals surface area contributed by atoms with Crippen LogP contribution in [-0.4, -0.2) is 28.1 Å². The standard InChI is InChI=1S/C19H19NO4/c21-18(22)17-12-11-16(15-9-5-2-6-10-15)20(17)19(23)24-13-14-7-3-1-4-8-14/h1-10,16-17H,11-13H2,(H,21,22)/t16-,17-/m0/s1. The monoisotopic (exact) mass is 325 g/mol. The van der Waals surface area contributed by atoms with Crippen LogP contribution in [0, 0.1) is 0 Å². The first kappa shape index (κ1) is 16.1. The molecule has 1 fully saturated rings. The van der Waals surface area contributed by atoms with Gasteiger partial charge in [0.25, 0.3) is 0 Å². The number of aliphatic carboxylic acids is 1. The van der Waals surface area contributed by atoms with Crippen molar-refractivity contribution in [2.75, 3.05) is 0 Å². The second kappa shape index (κ2) is 7.17. The summed E-state index contributed by atoms with van der Waals surface area (Å²) in [5.74, 6) is -0.995. The van der Waals surface area contributed by atoms with Crippen LogP contribution in [0.1, 0.15) is 30.0 Å². The molecule has 1 aliphatic rings. The molecule has 0 aromatic heterocycles. The molecule has 0 saturated carbocycles. The molecular formula is C19H19NO4. The van der Waals surface area contributed by atoms with Crippen molar-refractivity contribution in [3.05, 3.63) is 71.8 Å². The molecule has 1 heterocycles. The van der Waals surface area contributed by atoms with Gasteiger partial charge >= 0.3 is 12.1 Å². The summed E-state index contributed by atoms with van der Waals surface area (Å²) < 4.78 is 5.37. The molecule has 0 bridgehead atoms. The molecule has 5 nitrogen and oxygen atoms in total. The van der Waals surface area contributed by atoms with Gasteiger partial charge in [0.1, 0.15) is 12.6 Å². The maximum atomic E-state index is 12.6. The fraction of sp³-hybridized carbons (Fsp3) is 0.263. The molecule has 1 aliphatic heterocycles. The van der Waals surface area contributed by atoms with Crippen LogP contribution in [0.4, 0.5) is 4.79 Å². The predicted molar refractivity (Wildman–Crippen MR) is 88.3 cm³/mol. The van der Waals surface area contributed by atoms with E-state index in [1.54, 1.807) is 0 Å². The third-order valence-corrected chi connectivity index (χ3v) is 4.27. The Morgan fingerprint density at radius 2 is 1.62 bits per heavy atom. The lowest BCUT2D eigenvalue weighted by atomic mass is 10.1. The van der Waals surface area contributed by atoms with E-state index in [1.807, 2.05) is 60.7 Å². The molecule has 0 aliphatic carbocycles. The Hall–Kier alpha value is -2.82. The fourth-order valence-electron chi connectivity index (χ4n) is 3.10. The van der Waals surface area contributed by atoms with Gasteiger partial charge in [0.15, 0.2) is 0 Å². The number of carbonyl (C=O) groups excluding carboxylic acids is 1. The van der Waals surface area contributed by atoms with E-state index < -0.39 is 18.1 Å². The summed E-state index contributed by atoms with van der Waals surface area (Å²) in [6.07, 6.45) is 0.453. The number of amides is 1. The Bertz CT molecular complexity index is 702. The molecule has 2 atom stereocenters. The Morgan fingerprint density at radius 3 is 2.25 bits per heavy atom. The largest absolute Gasteiger partial charge is 0.480 e. The van der Waals surface area contributed by atoms with Gasteiger partial charge in [-0.2, -0.15) is 0 Å². The van der Waals surface area contributed by atoms with Gasteiger partial charge in [0.05, 0.1) is 6.04 Å². The first-order valence-corrected chi connectivity index (χ1v) is 7.93. The summed E-state index contributed by atoms with van der Waals surface area (Å²) in [6.45, 7) is 0.129. The smallest absolute Gasteiger partial charge is 0.411 e. The van der Waals surface area contributed by atoms with Gasteiger partial charge in [0.2, 0.25) is 0 Å². The summed E-state index contributed by atoms with van der Waals surface area (Å²) in [4.78, 5) is 25.4. The normalized spacial score (nSPS) is 19.9. The molecule has 1 N–H and O–H groups in total. The molecule has 2 aromatic rings. The zero-order chi connectivity index (χ0) is 16.9. The van der Waals surface area contributed by atoms with Crippen molar-refractivity contribution in [1.82, 2.24) is 4.90 Å². The summed E-state index contributed by atoms with van der Waals surface area (Å²) in [5.41, 5.74) is 1.80. The lowest BCUT2D eigenvalue weighted by molar-refractivity contribution is -0.142. The van der Waals surface area contributed by atoms with Crippen LogP contribution >= 0.6 is 0 Å². The highest BCUT2D eigenvalue weighted by Gasteiger charge is 2.42. The van der Waals surface area contributed by atoms with Crippen molar-refractivity contribution < 1.29 is 19.4 Å². The summed E-state index contributed by atoms with van der Waals surface area (Å²) in [5, 5.41) is 9.43. The maximum Gasteiger partial charge on any atom is 0.411 e. The zero-order valence-electron chi connectivity index (χ0n) is 13.2. The number of likely N-dealkylation sites (tertiary alicyclic amines) is 1. The van der Waals surface area contributed by atoms with Crippen LogP contribution in [0.15, 0.2) is 60.7 Å². The van der Waals surface area contributed by atoms with Crippen LogP contribution in [0.5, 0.6) is 0 Å². The number of carboxylic acids is 1. The Morgan fingerprint density at radius 1 is 1.00 bits per heavy atom. The average molecular weight is 325 g/mol. The van der Waals surface area contributed by atoms with Crippen molar-refractivity contribution in [1.29, 1.82) is 0 Å². The summed E-state index contributed by atoms with van der Waals surface area (Å²) >= 11 is 0. The highest BCUT2D eigenvalue weighted by Crippen LogP contribution is 2.36. The lowest BCUT2D eigenvalue weighted by Gasteiger charge is -2.27. The average Bonchev–Trinajstić information content (AvgIpc) is 3.07. The van der Waals surface area contributed by atoms with Crippen molar-refractivity contribution in [2.24, 2.45) is 0 Å². The van der Waals surface area contributed by atoms with Gasteiger partial charge < -0.3 is 9.84 Å². The number of ether oxygens (including phenoxy) is 1. The third kappa shape index (κ3) is 3.40. The van der Waals surface area contributed by atoms with E-state index in [-0.39, 0.29) is 12.6 Å². The van der Waals surface area contributed by atoms with E-state index >= 15 is 0 Å². The van der Waals surface area contributed by atoms with E-state index in [0.717, 1.165) is 11.1 Å². The van der Waals surface area contributed by atoms with Gasteiger partial charge in [0, 0.05) is 0 Å². The SMILES string of the molecule is O=C(O)[C@@H]1CC[C@@H](c2ccccc2)N1C(=O)OCc1ccccc1. The molecule has 1 saturated heterocycles. The first-order chi connectivity index (χ1) is 11.7. The summed E-state index contributed by atoms with van der Waals surface area (Å²) in [7, 11) is 0. The van der Waals surface area contributed by atoms with E-state index in [9.17, 15) is 14.7 Å². The quantitative estimate of drug-likeness (QED) is 0.932. The highest BCUT2D eigenvalue weighted by molar-refractivity contribution is 5.81. The minimum atomic E-state index is -0.995. The molecule has 5 heteroatoms. The molecule has 3 rings (SSSR count). The number of hydrogen-bond acceptors (Lipinski definition) is 3. The predicted octanol–water partition coefficient (Wildman–Crippen LogP) is 3.61. The second-order valence-corrected chi connectivity index (χ2v) is 5.81. The number of carbonyl (C=O) groups is 2. The topological polar surface area (TPSA) is 66.8 Å². The van der Waals surface area contributed by atoms with Crippen LogP contribution in [0.2, 0.25) is 0 Å². The van der Waals surface area contributed by atoms with Gasteiger partial charge in [-0.1, -0.05) is 60.7 Å². The van der Waals surface area contributed by atoms with E-state index in [0.29, 0.717) is 12.8 Å². The number of rotatable bonds is 4. The van der Waals surface area contributed by atoms with Crippen molar-refractivity contribution in [2.45, 2.75) is 31.5 Å². The highest BCUT2D eigenvalue weighted by atomic mass is 16.6. The van der Waals surface area contributed by atoms with E-state index in [1.165, 1.54) is 4.90 Å². The minimum Gasteiger partial charge on any atom is -0.480 e. The van der Waals surface area contributed by atoms with Crippen LogP contribution < -0.4 is 0 Å². The molecule has 124 valence electrons. The number of carboxylic acid groups (broad SMARTS) is 1. The zero-order valence-corrected chi connectivity index (χ0v) is 13.2. The van der Waals surface area contributed by atoms with Crippen LogP contribution in [0.3, 0.4) is 0 Å². The van der Waals surface area contributed by atoms with E-state index in [4.69, 9.17) is 4.74 Å². The number of benzene rings is 2. The lowest BCUT2D eigenvalue weighted by Crippen LogP contribution is -2.42. The van der Waals surface area contributed by atoms with Crippen LogP contribution in [-0.2, 0) is 16.1 Å². The second-order valence-electron chi connectivity index (χ2n) is 5.81. The maximum absolute atomic E-state index is 12.6. The molecule has 0 unspecified atom stereocenters. The first-order valence-electron chi connectivity index (χ1n) is 7.93. The fourth-order valence-corrected chi connectivity index (χ4v) is 3.10. The molecule has 2 aromatic carbocycles. The van der Waals surface area contributed by atoms with Crippen molar-refractivity contribution >= 4 is 12.1 Å². The Balaban J connectivity index is 1.77. The summed E-state index contributed by atoms with van der Waals surface area (Å²) in [6, 6.07) is 17.7. The Kier molecular flexibility index (Phi) is 4.79.